The van der Waals surface area contributed by atoms with Crippen LogP contribution in [0, 0.1) is 0 Å². The van der Waals surface area contributed by atoms with Crippen LogP contribution in [-0.4, -0.2) is 23.3 Å². The first-order chi connectivity index (χ1) is 11.8. The Morgan fingerprint density at radius 2 is 1.67 bits per heavy atom. The largest absolute Gasteiger partial charge is 0.314 e. The minimum atomic E-state index is -1.20. The monoisotopic (exact) mass is 341 g/mol. The Morgan fingerprint density at radius 3 is 2.42 bits per heavy atom. The van der Waals surface area contributed by atoms with E-state index in [4.69, 9.17) is 0 Å². The summed E-state index contributed by atoms with van der Waals surface area (Å²) in [5, 5.41) is 3.54. The molecule has 1 heterocycles. The van der Waals surface area contributed by atoms with Crippen molar-refractivity contribution in [2.24, 2.45) is 0 Å². The van der Waals surface area contributed by atoms with Gasteiger partial charge in [-0.3, -0.25) is 4.31 Å². The molecule has 2 aromatic rings. The summed E-state index contributed by atoms with van der Waals surface area (Å²) in [6.07, 6.45) is 4.82. The van der Waals surface area contributed by atoms with Crippen LogP contribution in [0.5, 0.6) is 0 Å². The number of unbranched alkanes of at least 4 members (excludes halogenated alkanes) is 1. The molecular weight excluding hydrogens is 318 g/mol. The van der Waals surface area contributed by atoms with Crippen LogP contribution in [0.1, 0.15) is 25.7 Å². The van der Waals surface area contributed by atoms with Crippen LogP contribution in [0.2, 0.25) is 0 Å². The Bertz CT molecular complexity index is 718. The Morgan fingerprint density at radius 1 is 0.958 bits per heavy atom. The SMILES string of the molecule is O=S1N(CCCCNC2CC2)c2ccccc2N1c1ccccc1. The molecule has 1 fully saturated rings. The topological polar surface area (TPSA) is 35.6 Å². The second-order valence-corrected chi connectivity index (χ2v) is 7.65. The normalized spacial score (nSPS) is 19.6. The van der Waals surface area contributed by atoms with Crippen molar-refractivity contribution in [1.29, 1.82) is 0 Å². The van der Waals surface area contributed by atoms with Crippen LogP contribution in [-0.2, 0) is 11.2 Å². The van der Waals surface area contributed by atoms with E-state index in [0.717, 1.165) is 49.0 Å². The lowest BCUT2D eigenvalue weighted by atomic mass is 10.2. The lowest BCUT2D eigenvalue weighted by molar-refractivity contribution is 0.622. The van der Waals surface area contributed by atoms with Crippen LogP contribution < -0.4 is 13.9 Å². The third-order valence-corrected chi connectivity index (χ3v) is 5.98. The number of benzene rings is 2. The van der Waals surface area contributed by atoms with E-state index in [0.29, 0.717) is 0 Å². The fourth-order valence-corrected chi connectivity index (χ4v) is 4.51. The van der Waals surface area contributed by atoms with Crippen LogP contribution in [0.25, 0.3) is 0 Å². The number of nitrogens with zero attached hydrogens (tertiary/aromatic N) is 2. The Labute approximate surface area is 146 Å². The van der Waals surface area contributed by atoms with E-state index < -0.39 is 11.2 Å². The number of nitrogens with one attached hydrogen (secondary N) is 1. The van der Waals surface area contributed by atoms with Crippen molar-refractivity contribution in [3.8, 4) is 0 Å². The average molecular weight is 341 g/mol. The van der Waals surface area contributed by atoms with E-state index in [1.54, 1.807) is 0 Å². The van der Waals surface area contributed by atoms with Crippen molar-refractivity contribution in [2.75, 3.05) is 21.7 Å². The van der Waals surface area contributed by atoms with Gasteiger partial charge in [0.15, 0.2) is 0 Å². The van der Waals surface area contributed by atoms with E-state index in [9.17, 15) is 4.21 Å². The van der Waals surface area contributed by atoms with Crippen molar-refractivity contribution in [3.63, 3.8) is 0 Å². The van der Waals surface area contributed by atoms with Gasteiger partial charge >= 0.3 is 0 Å². The third-order valence-electron chi connectivity index (χ3n) is 4.50. The van der Waals surface area contributed by atoms with E-state index in [2.05, 4.69) is 17.4 Å². The number of hydrogen-bond acceptors (Lipinski definition) is 2. The number of fused-ring (bicyclic) bond motifs is 1. The van der Waals surface area contributed by atoms with E-state index in [1.165, 1.54) is 12.8 Å². The smallest absolute Gasteiger partial charge is 0.230 e. The Kier molecular flexibility index (Phi) is 4.54. The maximum Gasteiger partial charge on any atom is 0.230 e. The number of para-hydroxylation sites is 3. The summed E-state index contributed by atoms with van der Waals surface area (Å²) in [7, 11) is 0. The highest BCUT2D eigenvalue weighted by Gasteiger charge is 2.33. The molecule has 2 aromatic carbocycles. The Balaban J connectivity index is 1.47. The van der Waals surface area contributed by atoms with Gasteiger partial charge in [-0.2, -0.15) is 0 Å². The molecule has 0 amide bonds. The predicted octanol–water partition coefficient (Wildman–Crippen LogP) is 3.76. The molecule has 126 valence electrons. The molecule has 0 aromatic heterocycles. The van der Waals surface area contributed by atoms with Gasteiger partial charge in [0, 0.05) is 12.6 Å². The summed E-state index contributed by atoms with van der Waals surface area (Å²) in [6.45, 7) is 1.88. The molecule has 4 nitrogen and oxygen atoms in total. The predicted molar refractivity (Wildman–Crippen MR) is 101 cm³/mol. The molecule has 0 radical (unpaired) electrons. The maximum absolute atomic E-state index is 13.1. The highest BCUT2D eigenvalue weighted by Crippen LogP contribution is 2.43. The first kappa shape index (κ1) is 15.7. The molecule has 1 aliphatic carbocycles. The zero-order valence-corrected chi connectivity index (χ0v) is 14.5. The molecular formula is C19H23N3OS. The molecule has 1 aliphatic heterocycles. The van der Waals surface area contributed by atoms with Gasteiger partial charge in [0.05, 0.1) is 17.1 Å². The van der Waals surface area contributed by atoms with Gasteiger partial charge in [0.1, 0.15) is 0 Å². The van der Waals surface area contributed by atoms with Crippen molar-refractivity contribution >= 4 is 28.2 Å². The molecule has 5 heteroatoms. The molecule has 1 saturated carbocycles. The van der Waals surface area contributed by atoms with Crippen LogP contribution in [0.15, 0.2) is 54.6 Å². The number of rotatable bonds is 7. The number of anilines is 3. The van der Waals surface area contributed by atoms with Gasteiger partial charge in [-0.1, -0.05) is 30.3 Å². The van der Waals surface area contributed by atoms with E-state index in [1.807, 2.05) is 51.1 Å². The molecule has 24 heavy (non-hydrogen) atoms. The minimum absolute atomic E-state index is 0.764. The maximum atomic E-state index is 13.1. The molecule has 4 rings (SSSR count). The highest BCUT2D eigenvalue weighted by atomic mass is 32.2. The summed E-state index contributed by atoms with van der Waals surface area (Å²) in [4.78, 5) is 0. The second kappa shape index (κ2) is 6.95. The summed E-state index contributed by atoms with van der Waals surface area (Å²) in [5.41, 5.74) is 3.06. The lowest BCUT2D eigenvalue weighted by Gasteiger charge is -2.20. The first-order valence-electron chi connectivity index (χ1n) is 8.72. The molecule has 1 unspecified atom stereocenters. The van der Waals surface area contributed by atoms with Crippen molar-refractivity contribution < 1.29 is 4.21 Å². The lowest BCUT2D eigenvalue weighted by Crippen LogP contribution is -2.30. The molecule has 0 spiro atoms. The van der Waals surface area contributed by atoms with Gasteiger partial charge in [0.2, 0.25) is 11.2 Å². The van der Waals surface area contributed by atoms with E-state index >= 15 is 0 Å². The van der Waals surface area contributed by atoms with Crippen LogP contribution >= 0.6 is 0 Å². The fraction of sp³-hybridized carbons (Fsp3) is 0.368. The van der Waals surface area contributed by atoms with Gasteiger partial charge in [-0.25, -0.2) is 8.51 Å². The second-order valence-electron chi connectivity index (χ2n) is 6.39. The molecule has 1 N–H and O–H groups in total. The zero-order chi connectivity index (χ0) is 16.4. The summed E-state index contributed by atoms with van der Waals surface area (Å²) in [5.74, 6) is 0. The van der Waals surface area contributed by atoms with Crippen LogP contribution in [0.4, 0.5) is 17.1 Å². The van der Waals surface area contributed by atoms with Crippen molar-refractivity contribution in [3.05, 3.63) is 54.6 Å². The van der Waals surface area contributed by atoms with Gasteiger partial charge in [-0.05, 0) is 56.5 Å². The minimum Gasteiger partial charge on any atom is -0.314 e. The molecule has 0 saturated heterocycles. The van der Waals surface area contributed by atoms with Gasteiger partial charge in [-0.15, -0.1) is 0 Å². The number of hydrogen-bond donors (Lipinski definition) is 1. The quantitative estimate of drug-likeness (QED) is 0.779. The van der Waals surface area contributed by atoms with Crippen molar-refractivity contribution in [1.82, 2.24) is 5.32 Å². The zero-order valence-electron chi connectivity index (χ0n) is 13.7. The Hall–Kier alpha value is -1.85. The highest BCUT2D eigenvalue weighted by molar-refractivity contribution is 7.88. The third kappa shape index (κ3) is 3.19. The molecule has 0 bridgehead atoms. The summed E-state index contributed by atoms with van der Waals surface area (Å²) >= 11 is -1.20. The molecule has 2 aliphatic rings. The van der Waals surface area contributed by atoms with E-state index in [-0.39, 0.29) is 0 Å². The first-order valence-corrected chi connectivity index (χ1v) is 9.78. The van der Waals surface area contributed by atoms with Gasteiger partial charge in [0.25, 0.3) is 0 Å². The van der Waals surface area contributed by atoms with Gasteiger partial charge < -0.3 is 5.32 Å². The summed E-state index contributed by atoms with van der Waals surface area (Å²) in [6, 6.07) is 18.9. The average Bonchev–Trinajstić information content (AvgIpc) is 3.40. The summed E-state index contributed by atoms with van der Waals surface area (Å²) < 4.78 is 17.0. The van der Waals surface area contributed by atoms with Crippen molar-refractivity contribution in [2.45, 2.75) is 31.7 Å². The van der Waals surface area contributed by atoms with Crippen LogP contribution in [0.3, 0.4) is 0 Å². The fourth-order valence-electron chi connectivity index (χ4n) is 3.08. The molecule has 1 atom stereocenters. The standard InChI is InChI=1S/C19H23N3OS/c23-24-21(15-7-6-14-20-16-12-13-16)18-10-4-5-11-19(18)22(24)17-8-2-1-3-9-17/h1-5,8-11,16,20H,6-7,12-15H2.